The lowest BCUT2D eigenvalue weighted by Crippen LogP contribution is -2.28. The van der Waals surface area contributed by atoms with Crippen LogP contribution in [0.4, 0.5) is 21.5 Å². The third kappa shape index (κ3) is 4.77. The van der Waals surface area contributed by atoms with Crippen molar-refractivity contribution in [3.05, 3.63) is 64.0 Å². The Morgan fingerprint density at radius 3 is 2.63 bits per heavy atom. The van der Waals surface area contributed by atoms with Crippen LogP contribution in [-0.4, -0.2) is 35.9 Å². The molecule has 9 nitrogen and oxygen atoms in total. The van der Waals surface area contributed by atoms with Crippen LogP contribution in [-0.2, 0) is 19.1 Å². The van der Waals surface area contributed by atoms with Gasteiger partial charge in [-0.3, -0.25) is 24.5 Å². The smallest absolute Gasteiger partial charge is 0.311 e. The summed E-state index contributed by atoms with van der Waals surface area (Å²) in [7, 11) is 0. The first kappa shape index (κ1) is 20.9. The summed E-state index contributed by atoms with van der Waals surface area (Å²) in [4.78, 5) is 47.9. The summed E-state index contributed by atoms with van der Waals surface area (Å²) in [6, 6.07) is 9.94. The first-order valence-electron chi connectivity index (χ1n) is 9.02. The van der Waals surface area contributed by atoms with E-state index in [1.54, 1.807) is 12.1 Å². The quantitative estimate of drug-likeness (QED) is 0.440. The van der Waals surface area contributed by atoms with Gasteiger partial charge < -0.3 is 15.0 Å². The molecule has 1 aliphatic heterocycles. The number of nitrogens with zero attached hydrogens (tertiary/aromatic N) is 2. The van der Waals surface area contributed by atoms with Gasteiger partial charge in [-0.05, 0) is 25.1 Å². The molecule has 30 heavy (non-hydrogen) atoms. The molecule has 0 aromatic heterocycles. The van der Waals surface area contributed by atoms with Crippen molar-refractivity contribution in [2.24, 2.45) is 5.92 Å². The maximum atomic E-state index is 13.7. The predicted molar refractivity (Wildman–Crippen MR) is 104 cm³/mol. The average molecular weight is 415 g/mol. The lowest BCUT2D eigenvalue weighted by Gasteiger charge is -2.16. The van der Waals surface area contributed by atoms with Gasteiger partial charge in [0, 0.05) is 30.8 Å². The molecule has 2 aromatic rings. The number of carbonyl (C=O) groups excluding carboxylic acids is 3. The molecule has 1 aliphatic rings. The van der Waals surface area contributed by atoms with Crippen LogP contribution in [0.25, 0.3) is 0 Å². The zero-order valence-corrected chi connectivity index (χ0v) is 16.0. The fourth-order valence-electron chi connectivity index (χ4n) is 3.00. The third-order valence-electron chi connectivity index (χ3n) is 4.58. The fraction of sp³-hybridized carbons (Fsp3) is 0.250. The largest absolute Gasteiger partial charge is 0.455 e. The lowest BCUT2D eigenvalue weighted by atomic mass is 10.1. The molecule has 1 heterocycles. The highest BCUT2D eigenvalue weighted by Crippen LogP contribution is 2.26. The first-order chi connectivity index (χ1) is 14.2. The van der Waals surface area contributed by atoms with Gasteiger partial charge in [0.15, 0.2) is 6.61 Å². The molecular weight excluding hydrogens is 397 g/mol. The molecule has 0 saturated carbocycles. The highest BCUT2D eigenvalue weighted by Gasteiger charge is 2.36. The van der Waals surface area contributed by atoms with E-state index >= 15 is 0 Å². The van der Waals surface area contributed by atoms with E-state index in [0.717, 1.165) is 23.8 Å². The molecule has 3 rings (SSSR count). The summed E-state index contributed by atoms with van der Waals surface area (Å²) < 4.78 is 18.7. The van der Waals surface area contributed by atoms with Crippen molar-refractivity contribution < 1.29 is 28.4 Å². The monoisotopic (exact) mass is 415 g/mol. The van der Waals surface area contributed by atoms with Crippen LogP contribution in [0.1, 0.15) is 12.0 Å². The van der Waals surface area contributed by atoms with Crippen molar-refractivity contribution in [1.29, 1.82) is 0 Å². The van der Waals surface area contributed by atoms with Crippen LogP contribution in [0.3, 0.4) is 0 Å². The molecule has 0 spiro atoms. The van der Waals surface area contributed by atoms with Crippen LogP contribution < -0.4 is 10.2 Å². The maximum Gasteiger partial charge on any atom is 0.311 e. The molecule has 0 radical (unpaired) electrons. The first-order valence-corrected chi connectivity index (χ1v) is 9.02. The molecule has 0 bridgehead atoms. The number of halogens is 1. The fourth-order valence-corrected chi connectivity index (χ4v) is 3.00. The van der Waals surface area contributed by atoms with E-state index < -0.39 is 46.5 Å². The van der Waals surface area contributed by atoms with Gasteiger partial charge in [0.1, 0.15) is 5.82 Å². The number of hydrogen-bond donors (Lipinski definition) is 1. The Balaban J connectivity index is 1.55. The highest BCUT2D eigenvalue weighted by molar-refractivity contribution is 6.00. The Hall–Kier alpha value is -3.82. The Morgan fingerprint density at radius 2 is 1.97 bits per heavy atom. The minimum Gasteiger partial charge on any atom is -0.455 e. The Morgan fingerprint density at radius 1 is 1.27 bits per heavy atom. The SMILES string of the molecule is Cc1ccc(N2CC(C(=O)OCC(=O)Nc3cc([N+](=O)[O-])ccc3F)CC2=O)cc1. The third-order valence-corrected chi connectivity index (χ3v) is 4.58. The van der Waals surface area contributed by atoms with Crippen LogP contribution >= 0.6 is 0 Å². The van der Waals surface area contributed by atoms with Crippen LogP contribution in [0.5, 0.6) is 0 Å². The van der Waals surface area contributed by atoms with Gasteiger partial charge in [-0.25, -0.2) is 4.39 Å². The number of esters is 1. The number of hydrogen-bond acceptors (Lipinski definition) is 6. The molecule has 1 fully saturated rings. The molecule has 2 amide bonds. The van der Waals surface area contributed by atoms with Gasteiger partial charge in [-0.1, -0.05) is 17.7 Å². The lowest BCUT2D eigenvalue weighted by molar-refractivity contribution is -0.384. The number of nitro groups is 1. The van der Waals surface area contributed by atoms with E-state index in [1.807, 2.05) is 19.1 Å². The van der Waals surface area contributed by atoms with Gasteiger partial charge in [-0.15, -0.1) is 0 Å². The van der Waals surface area contributed by atoms with Crippen molar-refractivity contribution in [2.45, 2.75) is 13.3 Å². The van der Waals surface area contributed by atoms with E-state index in [0.29, 0.717) is 5.69 Å². The zero-order chi connectivity index (χ0) is 21.8. The van der Waals surface area contributed by atoms with Gasteiger partial charge in [0.25, 0.3) is 11.6 Å². The Labute approximate surface area is 170 Å². The van der Waals surface area contributed by atoms with E-state index in [1.165, 1.54) is 4.90 Å². The van der Waals surface area contributed by atoms with E-state index in [9.17, 15) is 28.9 Å². The number of aryl methyl sites for hydroxylation is 1. The number of nitro benzene ring substituents is 1. The molecular formula is C20H18FN3O6. The average Bonchev–Trinajstić information content (AvgIpc) is 3.10. The summed E-state index contributed by atoms with van der Waals surface area (Å²) in [5, 5.41) is 12.9. The summed E-state index contributed by atoms with van der Waals surface area (Å²) in [5.41, 5.74) is 0.906. The molecule has 1 unspecified atom stereocenters. The molecule has 0 aliphatic carbocycles. The Kier molecular flexibility index (Phi) is 6.05. The van der Waals surface area contributed by atoms with Crippen molar-refractivity contribution in [3.63, 3.8) is 0 Å². The molecule has 10 heteroatoms. The van der Waals surface area contributed by atoms with Crippen molar-refractivity contribution in [2.75, 3.05) is 23.4 Å². The zero-order valence-electron chi connectivity index (χ0n) is 16.0. The predicted octanol–water partition coefficient (Wildman–Crippen LogP) is 2.58. The number of anilines is 2. The summed E-state index contributed by atoms with van der Waals surface area (Å²) in [6.07, 6.45) is -0.0478. The van der Waals surface area contributed by atoms with E-state index in [-0.39, 0.29) is 18.9 Å². The molecule has 1 N–H and O–H groups in total. The number of ether oxygens (including phenoxy) is 1. The van der Waals surface area contributed by atoms with Crippen LogP contribution in [0.15, 0.2) is 42.5 Å². The number of rotatable bonds is 6. The van der Waals surface area contributed by atoms with Gasteiger partial charge in [0.05, 0.1) is 16.5 Å². The topological polar surface area (TPSA) is 119 Å². The number of non-ortho nitro benzene ring substituents is 1. The van der Waals surface area contributed by atoms with Crippen molar-refractivity contribution in [3.8, 4) is 0 Å². The van der Waals surface area contributed by atoms with Gasteiger partial charge >= 0.3 is 5.97 Å². The van der Waals surface area contributed by atoms with E-state index in [4.69, 9.17) is 4.74 Å². The molecule has 2 aromatic carbocycles. The number of amides is 2. The second-order valence-corrected chi connectivity index (χ2v) is 6.82. The van der Waals surface area contributed by atoms with Crippen molar-refractivity contribution in [1.82, 2.24) is 0 Å². The van der Waals surface area contributed by atoms with Gasteiger partial charge in [0.2, 0.25) is 5.91 Å². The van der Waals surface area contributed by atoms with Crippen LogP contribution in [0.2, 0.25) is 0 Å². The number of carbonyl (C=O) groups is 3. The van der Waals surface area contributed by atoms with Crippen molar-refractivity contribution >= 4 is 34.8 Å². The summed E-state index contributed by atoms with van der Waals surface area (Å²) in [6.45, 7) is 1.33. The summed E-state index contributed by atoms with van der Waals surface area (Å²) in [5.74, 6) is -3.42. The highest BCUT2D eigenvalue weighted by atomic mass is 19.1. The van der Waals surface area contributed by atoms with Gasteiger partial charge in [-0.2, -0.15) is 0 Å². The second-order valence-electron chi connectivity index (χ2n) is 6.82. The maximum absolute atomic E-state index is 13.7. The minimum atomic E-state index is -0.865. The molecule has 156 valence electrons. The van der Waals surface area contributed by atoms with Crippen LogP contribution in [0, 0.1) is 28.8 Å². The second kappa shape index (κ2) is 8.68. The van der Waals surface area contributed by atoms with E-state index in [2.05, 4.69) is 5.32 Å². The Bertz CT molecular complexity index is 1010. The number of nitrogens with one attached hydrogen (secondary N) is 1. The minimum absolute atomic E-state index is 0.0478. The normalized spacial score (nSPS) is 15.7. The summed E-state index contributed by atoms with van der Waals surface area (Å²) >= 11 is 0. The molecule has 1 saturated heterocycles. The standard InChI is InChI=1S/C20H18FN3O6/c1-12-2-4-14(5-3-12)23-10-13(8-19(23)26)20(27)30-11-18(25)22-17-9-15(24(28)29)6-7-16(17)21/h2-7,9,13H,8,10-11H2,1H3,(H,22,25). The molecule has 1 atom stereocenters. The number of benzene rings is 2.